The summed E-state index contributed by atoms with van der Waals surface area (Å²) in [5.74, 6) is -1.80. The number of benzene rings is 3. The molecule has 0 radical (unpaired) electrons. The molecule has 264 valence electrons. The molecular formula is C34H35F6N3O5S. The molecule has 8 nitrogen and oxygen atoms in total. The van der Waals surface area contributed by atoms with E-state index in [1.54, 1.807) is 35.1 Å². The molecule has 49 heavy (non-hydrogen) atoms. The number of alkyl carbamates (subject to hydrolysis) is 1. The Kier molecular flexibility index (Phi) is 10.6. The number of rotatable bonds is 11. The van der Waals surface area contributed by atoms with Gasteiger partial charge >= 0.3 is 28.7 Å². The summed E-state index contributed by atoms with van der Waals surface area (Å²) in [4.78, 5) is 25.3. The summed E-state index contributed by atoms with van der Waals surface area (Å²) in [6.45, 7) is 0.163. The first kappa shape index (κ1) is 36.2. The highest BCUT2D eigenvalue weighted by Crippen LogP contribution is 2.59. The first-order valence-corrected chi connectivity index (χ1v) is 17.1. The molecule has 2 fully saturated rings. The fourth-order valence-electron chi connectivity index (χ4n) is 6.21. The molecule has 2 amide bonds. The lowest BCUT2D eigenvalue weighted by molar-refractivity contribution is -0.143. The molecule has 0 saturated heterocycles. The highest BCUT2D eigenvalue weighted by molar-refractivity contribution is 7.87. The van der Waals surface area contributed by atoms with Gasteiger partial charge in [0.1, 0.15) is 6.10 Å². The lowest BCUT2D eigenvalue weighted by atomic mass is 9.79. The van der Waals surface area contributed by atoms with Gasteiger partial charge in [-0.3, -0.25) is 4.79 Å². The Hall–Kier alpha value is -4.11. The SMILES string of the molecule is O=C(NCCc1ccccc1)OC1CC12CCC(CN(Cc1ccccc1)S(=O)(=O)NC(=O)c1cc(C(F)(F)F)cc(C(F)(F)F)c1)CC2. The fraction of sp³-hybridized carbons (Fsp3) is 0.412. The minimum absolute atomic E-state index is 0.0600. The van der Waals surface area contributed by atoms with Crippen molar-refractivity contribution in [2.45, 2.75) is 63.5 Å². The number of carbonyl (C=O) groups excluding carboxylic acids is 2. The van der Waals surface area contributed by atoms with Crippen LogP contribution in [-0.4, -0.2) is 43.9 Å². The normalized spacial score (nSPS) is 21.0. The van der Waals surface area contributed by atoms with Gasteiger partial charge in [0.05, 0.1) is 11.1 Å². The molecule has 2 saturated carbocycles. The van der Waals surface area contributed by atoms with Crippen molar-refractivity contribution in [3.63, 3.8) is 0 Å². The highest BCUT2D eigenvalue weighted by atomic mass is 32.2. The summed E-state index contributed by atoms with van der Waals surface area (Å²) in [6, 6.07) is 18.3. The number of hydrogen-bond acceptors (Lipinski definition) is 5. The minimum Gasteiger partial charge on any atom is -0.446 e. The predicted molar refractivity (Wildman–Crippen MR) is 167 cm³/mol. The van der Waals surface area contributed by atoms with Gasteiger partial charge in [-0.1, -0.05) is 60.7 Å². The topological polar surface area (TPSA) is 105 Å². The van der Waals surface area contributed by atoms with Crippen LogP contribution in [0.1, 0.15) is 64.7 Å². The van der Waals surface area contributed by atoms with Crippen LogP contribution in [0.5, 0.6) is 0 Å². The third-order valence-electron chi connectivity index (χ3n) is 9.07. The maximum atomic E-state index is 13.5. The van der Waals surface area contributed by atoms with Crippen LogP contribution in [0.4, 0.5) is 31.1 Å². The van der Waals surface area contributed by atoms with E-state index in [0.29, 0.717) is 50.6 Å². The van der Waals surface area contributed by atoms with Gasteiger partial charge < -0.3 is 10.1 Å². The lowest BCUT2D eigenvalue weighted by Crippen LogP contribution is -2.45. The van der Waals surface area contributed by atoms with E-state index >= 15 is 0 Å². The third-order valence-corrected chi connectivity index (χ3v) is 10.5. The van der Waals surface area contributed by atoms with E-state index in [-0.39, 0.29) is 48.7 Å². The molecule has 5 rings (SSSR count). The summed E-state index contributed by atoms with van der Waals surface area (Å²) in [5, 5.41) is 2.77. The van der Waals surface area contributed by atoms with Crippen molar-refractivity contribution < 1.29 is 49.1 Å². The standard InChI is InChI=1S/C34H35F6N3O5S/c35-33(36,37)27-17-26(18-28(19-27)34(38,39)40)30(44)42-49(46,47)43(21-24-9-5-2-6-10-24)22-25-11-14-32(15-12-25)20-29(32)48-31(45)41-16-13-23-7-3-1-4-8-23/h1-10,17-19,25,29H,11-16,20-22H2,(H,41,45)(H,42,44). The number of ether oxygens (including phenoxy) is 1. The second kappa shape index (κ2) is 14.4. The molecule has 2 aliphatic rings. The molecule has 1 unspecified atom stereocenters. The van der Waals surface area contributed by atoms with Crippen molar-refractivity contribution in [2.75, 3.05) is 13.1 Å². The Balaban J connectivity index is 1.22. The number of amides is 2. The number of halogens is 6. The van der Waals surface area contributed by atoms with Crippen LogP contribution >= 0.6 is 0 Å². The molecule has 2 N–H and O–H groups in total. The van der Waals surface area contributed by atoms with E-state index in [1.807, 2.05) is 30.3 Å². The molecule has 2 aliphatic carbocycles. The predicted octanol–water partition coefficient (Wildman–Crippen LogP) is 7.12. The van der Waals surface area contributed by atoms with Gasteiger partial charge in [-0.25, -0.2) is 9.52 Å². The Morgan fingerprint density at radius 3 is 1.94 bits per heavy atom. The van der Waals surface area contributed by atoms with E-state index in [9.17, 15) is 44.3 Å². The van der Waals surface area contributed by atoms with Crippen LogP contribution in [0.25, 0.3) is 0 Å². The smallest absolute Gasteiger partial charge is 0.416 e. The van der Waals surface area contributed by atoms with Gasteiger partial charge in [-0.2, -0.15) is 39.1 Å². The molecule has 1 spiro atoms. The minimum atomic E-state index is -5.22. The molecule has 15 heteroatoms. The quantitative estimate of drug-likeness (QED) is 0.206. The first-order chi connectivity index (χ1) is 23.0. The molecule has 3 aromatic rings. The van der Waals surface area contributed by atoms with Gasteiger partial charge in [-0.05, 0) is 73.8 Å². The van der Waals surface area contributed by atoms with Gasteiger partial charge in [0.25, 0.3) is 5.91 Å². The molecule has 0 aliphatic heterocycles. The van der Waals surface area contributed by atoms with Crippen molar-refractivity contribution >= 4 is 22.2 Å². The Bertz CT molecular complexity index is 1700. The van der Waals surface area contributed by atoms with E-state index in [4.69, 9.17) is 4.74 Å². The second-order valence-electron chi connectivity index (χ2n) is 12.6. The van der Waals surface area contributed by atoms with Gasteiger partial charge in [0, 0.05) is 30.6 Å². The maximum absolute atomic E-state index is 13.5. The van der Waals surface area contributed by atoms with Crippen molar-refractivity contribution in [3.8, 4) is 0 Å². The molecular weight excluding hydrogens is 676 g/mol. The Labute approximate surface area is 280 Å². The summed E-state index contributed by atoms with van der Waals surface area (Å²) in [6.07, 6.45) is -7.38. The van der Waals surface area contributed by atoms with Gasteiger partial charge in [0.15, 0.2) is 0 Å². The second-order valence-corrected chi connectivity index (χ2v) is 14.2. The summed E-state index contributed by atoms with van der Waals surface area (Å²) < 4.78 is 116. The van der Waals surface area contributed by atoms with E-state index in [0.717, 1.165) is 9.87 Å². The Morgan fingerprint density at radius 1 is 0.837 bits per heavy atom. The zero-order valence-corrected chi connectivity index (χ0v) is 27.0. The zero-order valence-electron chi connectivity index (χ0n) is 26.2. The monoisotopic (exact) mass is 711 g/mol. The summed E-state index contributed by atoms with van der Waals surface area (Å²) >= 11 is 0. The van der Waals surface area contributed by atoms with Crippen LogP contribution in [0.15, 0.2) is 78.9 Å². The number of carbonyl (C=O) groups is 2. The van der Waals surface area contributed by atoms with Crippen LogP contribution in [-0.2, 0) is 40.3 Å². The zero-order chi connectivity index (χ0) is 35.5. The number of nitrogens with one attached hydrogen (secondary N) is 2. The number of nitrogens with zero attached hydrogens (tertiary/aromatic N) is 1. The molecule has 1 atom stereocenters. The van der Waals surface area contributed by atoms with E-state index in [1.165, 1.54) is 0 Å². The Morgan fingerprint density at radius 2 is 1.39 bits per heavy atom. The summed E-state index contributed by atoms with van der Waals surface area (Å²) in [5.41, 5.74) is -3.15. The van der Waals surface area contributed by atoms with Crippen LogP contribution in [0.2, 0.25) is 0 Å². The average Bonchev–Trinajstić information content (AvgIpc) is 3.71. The molecule has 3 aromatic carbocycles. The maximum Gasteiger partial charge on any atom is 0.416 e. The van der Waals surface area contributed by atoms with Gasteiger partial charge in [-0.15, -0.1) is 0 Å². The van der Waals surface area contributed by atoms with Gasteiger partial charge in [0.2, 0.25) is 0 Å². The largest absolute Gasteiger partial charge is 0.446 e. The molecule has 0 aromatic heterocycles. The number of alkyl halides is 6. The van der Waals surface area contributed by atoms with E-state index < -0.39 is 51.3 Å². The molecule has 0 heterocycles. The first-order valence-electron chi connectivity index (χ1n) is 15.7. The third kappa shape index (κ3) is 9.53. The van der Waals surface area contributed by atoms with Crippen LogP contribution in [0, 0.1) is 11.3 Å². The van der Waals surface area contributed by atoms with Crippen LogP contribution in [0.3, 0.4) is 0 Å². The summed E-state index contributed by atoms with van der Waals surface area (Å²) in [7, 11) is -4.74. The molecule has 0 bridgehead atoms. The fourth-order valence-corrected chi connectivity index (χ4v) is 7.42. The van der Waals surface area contributed by atoms with Crippen molar-refractivity contribution in [2.24, 2.45) is 11.3 Å². The number of hydrogen-bond donors (Lipinski definition) is 2. The van der Waals surface area contributed by atoms with Crippen LogP contribution < -0.4 is 10.0 Å². The van der Waals surface area contributed by atoms with E-state index in [2.05, 4.69) is 5.32 Å². The van der Waals surface area contributed by atoms with Crippen molar-refractivity contribution in [3.05, 3.63) is 107 Å². The lowest BCUT2D eigenvalue weighted by Gasteiger charge is -2.32. The average molecular weight is 712 g/mol. The van der Waals surface area contributed by atoms with Crippen molar-refractivity contribution in [1.82, 2.24) is 14.3 Å². The van der Waals surface area contributed by atoms with Crippen molar-refractivity contribution in [1.29, 1.82) is 0 Å². The highest BCUT2D eigenvalue weighted by Gasteiger charge is 2.58.